The molecule has 2 aromatic rings. The highest BCUT2D eigenvalue weighted by Gasteiger charge is 2.09. The molecule has 0 atom stereocenters. The Kier molecular flexibility index (Phi) is 5.80. The molecule has 0 aliphatic rings. The minimum Gasteiger partial charge on any atom is -0.293 e. The summed E-state index contributed by atoms with van der Waals surface area (Å²) in [6.07, 6.45) is 3.05. The standard InChI is InChI=1S/C20H24N2O/c1-5-9-17-11-7-10-16(6-2)20(17)21-14(3)18-12-8-13-19(22-18)15(4)23/h7-8,10-13H,5-6,9H2,1-4H3. The van der Waals surface area contributed by atoms with Crippen LogP contribution in [-0.4, -0.2) is 16.5 Å². The molecule has 0 radical (unpaired) electrons. The molecule has 1 aromatic heterocycles. The Morgan fingerprint density at radius 3 is 2.30 bits per heavy atom. The zero-order valence-electron chi connectivity index (χ0n) is 14.4. The van der Waals surface area contributed by atoms with Crippen LogP contribution in [0, 0.1) is 0 Å². The largest absolute Gasteiger partial charge is 0.293 e. The van der Waals surface area contributed by atoms with Crippen molar-refractivity contribution >= 4 is 17.2 Å². The molecule has 1 aromatic carbocycles. The van der Waals surface area contributed by atoms with E-state index < -0.39 is 0 Å². The minimum atomic E-state index is -0.0275. The van der Waals surface area contributed by atoms with E-state index in [1.807, 2.05) is 19.1 Å². The summed E-state index contributed by atoms with van der Waals surface area (Å²) in [5.41, 5.74) is 5.66. The molecule has 0 saturated heterocycles. The molecule has 0 spiro atoms. The van der Waals surface area contributed by atoms with Gasteiger partial charge < -0.3 is 0 Å². The van der Waals surface area contributed by atoms with Gasteiger partial charge in [0.05, 0.1) is 17.1 Å². The monoisotopic (exact) mass is 308 g/mol. The quantitative estimate of drug-likeness (QED) is 0.560. The maximum atomic E-state index is 11.5. The van der Waals surface area contributed by atoms with Crippen molar-refractivity contribution in [2.45, 2.75) is 47.0 Å². The van der Waals surface area contributed by atoms with Crippen molar-refractivity contribution in [2.24, 2.45) is 4.99 Å². The van der Waals surface area contributed by atoms with Crippen LogP contribution in [-0.2, 0) is 12.8 Å². The number of aliphatic imine (C=N–C) groups is 1. The van der Waals surface area contributed by atoms with Gasteiger partial charge in [-0.15, -0.1) is 0 Å². The van der Waals surface area contributed by atoms with Crippen LogP contribution in [0.1, 0.15) is 61.4 Å². The molecule has 2 rings (SSSR count). The third-order valence-electron chi connectivity index (χ3n) is 3.86. The first-order valence-corrected chi connectivity index (χ1v) is 8.21. The number of nitrogens with zero attached hydrogens (tertiary/aromatic N) is 2. The van der Waals surface area contributed by atoms with Crippen LogP contribution in [0.4, 0.5) is 5.69 Å². The number of benzene rings is 1. The lowest BCUT2D eigenvalue weighted by atomic mass is 10.0. The van der Waals surface area contributed by atoms with E-state index in [1.54, 1.807) is 6.07 Å². The Labute approximate surface area is 138 Å². The summed E-state index contributed by atoms with van der Waals surface area (Å²) in [4.78, 5) is 20.8. The third-order valence-corrected chi connectivity index (χ3v) is 3.86. The van der Waals surface area contributed by atoms with Gasteiger partial charge in [0.2, 0.25) is 0 Å². The van der Waals surface area contributed by atoms with Crippen LogP contribution in [0.5, 0.6) is 0 Å². The number of Topliss-reactive ketones (excluding diaryl/α,β-unsaturated/α-hetero) is 1. The molecule has 3 heteroatoms. The molecule has 0 amide bonds. The van der Waals surface area contributed by atoms with Gasteiger partial charge in [-0.2, -0.15) is 0 Å². The average molecular weight is 308 g/mol. The molecule has 0 aliphatic carbocycles. The van der Waals surface area contributed by atoms with Crippen LogP contribution in [0.15, 0.2) is 41.4 Å². The van der Waals surface area contributed by atoms with Crippen LogP contribution >= 0.6 is 0 Å². The number of carbonyl (C=O) groups is 1. The fraction of sp³-hybridized carbons (Fsp3) is 0.350. The Morgan fingerprint density at radius 2 is 1.65 bits per heavy atom. The first-order chi connectivity index (χ1) is 11.1. The fourth-order valence-electron chi connectivity index (χ4n) is 2.60. The van der Waals surface area contributed by atoms with Crippen LogP contribution < -0.4 is 0 Å². The molecule has 0 aliphatic heterocycles. The van der Waals surface area contributed by atoms with E-state index in [0.29, 0.717) is 5.69 Å². The van der Waals surface area contributed by atoms with Crippen LogP contribution in [0.3, 0.4) is 0 Å². The predicted octanol–water partition coefficient (Wildman–Crippen LogP) is 4.94. The normalized spacial score (nSPS) is 11.6. The zero-order chi connectivity index (χ0) is 16.8. The molecule has 23 heavy (non-hydrogen) atoms. The number of hydrogen-bond acceptors (Lipinski definition) is 3. The number of aryl methyl sites for hydroxylation is 2. The van der Waals surface area contributed by atoms with E-state index in [2.05, 4.69) is 37.0 Å². The van der Waals surface area contributed by atoms with Gasteiger partial charge in [-0.25, -0.2) is 4.98 Å². The number of carbonyl (C=O) groups excluding carboxylic acids is 1. The second kappa shape index (κ2) is 7.82. The highest BCUT2D eigenvalue weighted by atomic mass is 16.1. The number of para-hydroxylation sites is 1. The Morgan fingerprint density at radius 1 is 1.00 bits per heavy atom. The minimum absolute atomic E-state index is 0.0275. The highest BCUT2D eigenvalue weighted by molar-refractivity contribution is 6.00. The van der Waals surface area contributed by atoms with Gasteiger partial charge >= 0.3 is 0 Å². The summed E-state index contributed by atoms with van der Waals surface area (Å²) < 4.78 is 0. The molecular weight excluding hydrogens is 284 g/mol. The maximum absolute atomic E-state index is 11.5. The average Bonchev–Trinajstić information content (AvgIpc) is 2.56. The SMILES string of the molecule is CCCc1cccc(CC)c1N=C(C)c1cccc(C(C)=O)n1. The zero-order valence-corrected chi connectivity index (χ0v) is 14.4. The van der Waals surface area contributed by atoms with Gasteiger partial charge in [0.25, 0.3) is 0 Å². The Hall–Kier alpha value is -2.29. The van der Waals surface area contributed by atoms with Crippen LogP contribution in [0.2, 0.25) is 0 Å². The number of aromatic nitrogens is 1. The molecule has 0 N–H and O–H groups in total. The van der Waals surface area contributed by atoms with Crippen molar-refractivity contribution in [3.8, 4) is 0 Å². The molecule has 1 heterocycles. The molecular formula is C20H24N2O. The fourth-order valence-corrected chi connectivity index (χ4v) is 2.60. The van der Waals surface area contributed by atoms with Gasteiger partial charge in [-0.1, -0.05) is 44.5 Å². The van der Waals surface area contributed by atoms with Crippen molar-refractivity contribution in [1.29, 1.82) is 0 Å². The van der Waals surface area contributed by atoms with Crippen molar-refractivity contribution in [3.05, 3.63) is 58.9 Å². The van der Waals surface area contributed by atoms with Crippen molar-refractivity contribution in [2.75, 3.05) is 0 Å². The molecule has 0 saturated carbocycles. The Bertz CT molecular complexity index is 732. The number of ketones is 1. The summed E-state index contributed by atoms with van der Waals surface area (Å²) in [5.74, 6) is -0.0275. The lowest BCUT2D eigenvalue weighted by Crippen LogP contribution is -2.04. The maximum Gasteiger partial charge on any atom is 0.178 e. The van der Waals surface area contributed by atoms with Gasteiger partial charge in [0.15, 0.2) is 5.78 Å². The lowest BCUT2D eigenvalue weighted by molar-refractivity contribution is 0.101. The van der Waals surface area contributed by atoms with Gasteiger partial charge in [-0.3, -0.25) is 9.79 Å². The third kappa shape index (κ3) is 4.13. The smallest absolute Gasteiger partial charge is 0.178 e. The molecule has 0 bridgehead atoms. The first kappa shape index (κ1) is 17.1. The number of pyridine rings is 1. The van der Waals surface area contributed by atoms with Gasteiger partial charge in [0.1, 0.15) is 5.69 Å². The number of hydrogen-bond donors (Lipinski definition) is 0. The van der Waals surface area contributed by atoms with Crippen molar-refractivity contribution in [3.63, 3.8) is 0 Å². The Balaban J connectivity index is 2.48. The van der Waals surface area contributed by atoms with E-state index in [9.17, 15) is 4.79 Å². The first-order valence-electron chi connectivity index (χ1n) is 8.21. The number of rotatable bonds is 6. The van der Waals surface area contributed by atoms with E-state index in [-0.39, 0.29) is 5.78 Å². The van der Waals surface area contributed by atoms with Gasteiger partial charge in [0, 0.05) is 6.92 Å². The van der Waals surface area contributed by atoms with Crippen LogP contribution in [0.25, 0.3) is 0 Å². The predicted molar refractivity (Wildman–Crippen MR) is 95.9 cm³/mol. The summed E-state index contributed by atoms with van der Waals surface area (Å²) >= 11 is 0. The second-order valence-corrected chi connectivity index (χ2v) is 5.69. The van der Waals surface area contributed by atoms with Gasteiger partial charge in [-0.05, 0) is 43.0 Å². The topological polar surface area (TPSA) is 42.3 Å². The van der Waals surface area contributed by atoms with Crippen molar-refractivity contribution < 1.29 is 4.79 Å². The molecule has 0 unspecified atom stereocenters. The molecule has 3 nitrogen and oxygen atoms in total. The van der Waals surface area contributed by atoms with Crippen molar-refractivity contribution in [1.82, 2.24) is 4.98 Å². The summed E-state index contributed by atoms with van der Waals surface area (Å²) in [6.45, 7) is 7.81. The van der Waals surface area contributed by atoms with E-state index in [1.165, 1.54) is 18.1 Å². The van der Waals surface area contributed by atoms with E-state index in [0.717, 1.165) is 36.4 Å². The van der Waals surface area contributed by atoms with E-state index in [4.69, 9.17) is 4.99 Å². The van der Waals surface area contributed by atoms with E-state index >= 15 is 0 Å². The lowest BCUT2D eigenvalue weighted by Gasteiger charge is -2.11. The second-order valence-electron chi connectivity index (χ2n) is 5.69. The summed E-state index contributed by atoms with van der Waals surface area (Å²) in [7, 11) is 0. The highest BCUT2D eigenvalue weighted by Crippen LogP contribution is 2.27. The molecule has 120 valence electrons. The molecule has 0 fully saturated rings. The summed E-state index contributed by atoms with van der Waals surface area (Å²) in [6, 6.07) is 11.9. The summed E-state index contributed by atoms with van der Waals surface area (Å²) in [5, 5.41) is 0.